The zero-order valence-corrected chi connectivity index (χ0v) is 30.5. The van der Waals surface area contributed by atoms with E-state index in [0.29, 0.717) is 23.8 Å². The van der Waals surface area contributed by atoms with Gasteiger partial charge in [-0.2, -0.15) is 13.5 Å². The summed E-state index contributed by atoms with van der Waals surface area (Å²) in [6.07, 6.45) is 5.04. The van der Waals surface area contributed by atoms with Crippen LogP contribution < -0.4 is 20.8 Å². The molecule has 1 fully saturated rings. The lowest BCUT2D eigenvalue weighted by atomic mass is 9.74. The minimum atomic E-state index is -4.99. The van der Waals surface area contributed by atoms with Gasteiger partial charge < -0.3 is 25.8 Å². The number of Topliss-reactive ketones (excluding diaryl/α,β-unsaturated/α-hetero) is 1. The molecule has 4 heterocycles. The molecular formula is C32H42N7O10S2+. The van der Waals surface area contributed by atoms with Crippen LogP contribution in [0.5, 0.6) is 5.75 Å². The molecule has 19 heteroatoms. The summed E-state index contributed by atoms with van der Waals surface area (Å²) in [5, 5.41) is 6.00. The Morgan fingerprint density at radius 3 is 2.45 bits per heavy atom. The van der Waals surface area contributed by atoms with Crippen LogP contribution in [0, 0.1) is 5.92 Å². The van der Waals surface area contributed by atoms with Crippen molar-refractivity contribution in [1.29, 1.82) is 0 Å². The van der Waals surface area contributed by atoms with Crippen molar-refractivity contribution in [3.8, 4) is 5.75 Å². The Hall–Kier alpha value is -4.56. The SMILES string of the molecule is CC(C)(C)OC(=O)C(COc1ccc(Cc2cc[n+](CCCN)cc2)nc1)O/N=C(\C(=O)CC1C(=O)N(OS(=O)(=O)O)C1(C)C)c1csc(N)n1. The van der Waals surface area contributed by atoms with Crippen molar-refractivity contribution in [2.45, 2.75) is 77.7 Å². The summed E-state index contributed by atoms with van der Waals surface area (Å²) < 4.78 is 49.2. The summed E-state index contributed by atoms with van der Waals surface area (Å²) in [5.74, 6) is -3.15. The number of ether oxygens (including phenoxy) is 2. The maximum atomic E-state index is 13.6. The summed E-state index contributed by atoms with van der Waals surface area (Å²) in [4.78, 5) is 53.6. The Morgan fingerprint density at radius 2 is 1.90 bits per heavy atom. The molecular weight excluding hydrogens is 707 g/mol. The Balaban J connectivity index is 1.48. The number of oxime groups is 1. The maximum absolute atomic E-state index is 13.6. The Kier molecular flexibility index (Phi) is 12.5. The Morgan fingerprint density at radius 1 is 1.20 bits per heavy atom. The highest BCUT2D eigenvalue weighted by Crippen LogP contribution is 2.40. The molecule has 2 unspecified atom stereocenters. The third-order valence-corrected chi connectivity index (χ3v) is 8.58. The molecule has 17 nitrogen and oxygen atoms in total. The van der Waals surface area contributed by atoms with E-state index in [1.165, 1.54) is 25.4 Å². The molecule has 3 aromatic rings. The largest absolute Gasteiger partial charge is 0.487 e. The molecule has 276 valence electrons. The third-order valence-electron chi connectivity index (χ3n) is 7.57. The number of hydroxylamine groups is 2. The molecule has 1 saturated heterocycles. The fourth-order valence-corrected chi connectivity index (χ4v) is 5.92. The molecule has 1 amide bonds. The van der Waals surface area contributed by atoms with Gasteiger partial charge in [0, 0.05) is 42.5 Å². The predicted octanol–water partition coefficient (Wildman–Crippen LogP) is 1.79. The number of carbonyl (C=O) groups is 3. The van der Waals surface area contributed by atoms with Crippen molar-refractivity contribution in [2.24, 2.45) is 16.8 Å². The zero-order chi connectivity index (χ0) is 37.6. The van der Waals surface area contributed by atoms with Gasteiger partial charge in [-0.15, -0.1) is 15.6 Å². The number of hydrogen-bond donors (Lipinski definition) is 3. The van der Waals surface area contributed by atoms with Gasteiger partial charge in [0.1, 0.15) is 30.2 Å². The first-order valence-corrected chi connectivity index (χ1v) is 18.1. The number of ketones is 1. The van der Waals surface area contributed by atoms with Gasteiger partial charge in [-0.3, -0.25) is 19.1 Å². The molecule has 1 aliphatic heterocycles. The number of rotatable bonds is 17. The summed E-state index contributed by atoms with van der Waals surface area (Å²) in [6.45, 7) is 8.99. The van der Waals surface area contributed by atoms with Crippen LogP contribution in [0.25, 0.3) is 0 Å². The minimum absolute atomic E-state index is 0.0190. The number of aryl methyl sites for hydroxylation is 1. The van der Waals surface area contributed by atoms with Gasteiger partial charge in [0.25, 0.3) is 12.0 Å². The quantitative estimate of drug-likeness (QED) is 0.0446. The summed E-state index contributed by atoms with van der Waals surface area (Å²) in [7, 11) is -4.99. The number of amides is 1. The first-order chi connectivity index (χ1) is 23.9. The standard InChI is InChI=1S/C32H41N7O10S2/c1-31(2,3)47-29(42)26(18-46-22-8-7-21(35-17-22)15-20-9-13-38(14-10-20)12-6-11-33)48-37-27(24-19-50-30(34)36-24)25(40)16-23-28(41)39(32(23,4)5)49-51(43,44)45/h7-10,13-14,17,19,23,26H,6,11-12,15-16,18,33H2,1-5H3,(H2-,34,36,43,44,45)/p+1/b37-27-. The van der Waals surface area contributed by atoms with Gasteiger partial charge in [-0.1, -0.05) is 5.16 Å². The van der Waals surface area contributed by atoms with E-state index < -0.39 is 57.6 Å². The molecule has 0 bridgehead atoms. The topological polar surface area (TPSA) is 240 Å². The number of pyridine rings is 2. The number of anilines is 1. The Labute approximate surface area is 299 Å². The van der Waals surface area contributed by atoms with E-state index in [9.17, 15) is 22.8 Å². The smallest absolute Gasteiger partial charge is 0.418 e. The van der Waals surface area contributed by atoms with Crippen LogP contribution in [0.4, 0.5) is 5.13 Å². The van der Waals surface area contributed by atoms with E-state index in [0.717, 1.165) is 35.6 Å². The van der Waals surface area contributed by atoms with Crippen LogP contribution >= 0.6 is 11.3 Å². The van der Waals surface area contributed by atoms with Crippen LogP contribution in [0.15, 0.2) is 53.4 Å². The molecule has 0 radical (unpaired) electrons. The molecule has 5 N–H and O–H groups in total. The second-order valence-electron chi connectivity index (χ2n) is 13.2. The second-order valence-corrected chi connectivity index (χ2v) is 15.1. The molecule has 0 spiro atoms. The molecule has 51 heavy (non-hydrogen) atoms. The van der Waals surface area contributed by atoms with Gasteiger partial charge in [0.15, 0.2) is 29.0 Å². The summed E-state index contributed by atoms with van der Waals surface area (Å²) in [6, 6.07) is 7.52. The van der Waals surface area contributed by atoms with Crippen molar-refractivity contribution < 1.29 is 50.5 Å². The number of carbonyl (C=O) groups excluding carboxylic acids is 3. The first kappa shape index (κ1) is 39.2. The second kappa shape index (κ2) is 16.2. The number of aromatic nitrogens is 3. The normalized spacial score (nSPS) is 16.7. The predicted molar refractivity (Wildman–Crippen MR) is 183 cm³/mol. The van der Waals surface area contributed by atoms with Gasteiger partial charge in [0.2, 0.25) is 0 Å². The molecule has 4 rings (SSSR count). The van der Waals surface area contributed by atoms with Gasteiger partial charge in [-0.05, 0) is 58.9 Å². The highest BCUT2D eigenvalue weighted by atomic mass is 32.3. The Bertz CT molecular complexity index is 1840. The number of nitrogens with two attached hydrogens (primary N) is 2. The number of nitrogen functional groups attached to an aromatic ring is 1. The summed E-state index contributed by atoms with van der Waals surface area (Å²) in [5.41, 5.74) is 10.7. The van der Waals surface area contributed by atoms with Crippen molar-refractivity contribution in [3.05, 3.63) is 65.2 Å². The summed E-state index contributed by atoms with van der Waals surface area (Å²) >= 11 is 1.02. The van der Waals surface area contributed by atoms with E-state index in [1.54, 1.807) is 32.9 Å². The molecule has 0 aliphatic carbocycles. The molecule has 2 atom stereocenters. The number of β-lactam (4-membered cyclic amide) rings is 1. The van der Waals surface area contributed by atoms with Crippen molar-refractivity contribution in [2.75, 3.05) is 18.9 Å². The zero-order valence-electron chi connectivity index (χ0n) is 28.8. The van der Waals surface area contributed by atoms with Crippen LogP contribution in [0.3, 0.4) is 0 Å². The average molecular weight is 749 g/mol. The van der Waals surface area contributed by atoms with E-state index in [4.69, 9.17) is 30.3 Å². The number of thiazole rings is 1. The van der Waals surface area contributed by atoms with Crippen LogP contribution in [-0.2, 0) is 51.6 Å². The monoisotopic (exact) mass is 748 g/mol. The fourth-order valence-electron chi connectivity index (χ4n) is 4.92. The van der Waals surface area contributed by atoms with Crippen LogP contribution in [0.1, 0.15) is 64.4 Å². The van der Waals surface area contributed by atoms with Crippen molar-refractivity contribution in [1.82, 2.24) is 15.0 Å². The lowest BCUT2D eigenvalue weighted by Gasteiger charge is -2.50. The molecule has 0 aromatic carbocycles. The van der Waals surface area contributed by atoms with E-state index in [-0.39, 0.29) is 23.1 Å². The fraction of sp³-hybridized carbons (Fsp3) is 0.469. The van der Waals surface area contributed by atoms with E-state index in [1.807, 2.05) is 24.5 Å². The number of nitrogens with zero attached hydrogens (tertiary/aromatic N) is 5. The van der Waals surface area contributed by atoms with E-state index >= 15 is 0 Å². The number of hydrogen-bond acceptors (Lipinski definition) is 15. The lowest BCUT2D eigenvalue weighted by molar-refractivity contribution is -0.697. The lowest BCUT2D eigenvalue weighted by Crippen LogP contribution is -2.68. The maximum Gasteiger partial charge on any atom is 0.418 e. The van der Waals surface area contributed by atoms with Gasteiger partial charge in [0.05, 0.1) is 17.7 Å². The van der Waals surface area contributed by atoms with Crippen LogP contribution in [-0.4, -0.2) is 81.8 Å². The van der Waals surface area contributed by atoms with Crippen LogP contribution in [0.2, 0.25) is 0 Å². The van der Waals surface area contributed by atoms with Gasteiger partial charge in [-0.25, -0.2) is 14.3 Å². The van der Waals surface area contributed by atoms with Gasteiger partial charge >= 0.3 is 16.4 Å². The molecule has 3 aromatic heterocycles. The van der Waals surface area contributed by atoms with Crippen molar-refractivity contribution >= 4 is 50.2 Å². The molecule has 1 aliphatic rings. The first-order valence-electron chi connectivity index (χ1n) is 15.8. The van der Waals surface area contributed by atoms with E-state index in [2.05, 4.69) is 24.0 Å². The average Bonchev–Trinajstić information content (AvgIpc) is 3.48. The minimum Gasteiger partial charge on any atom is -0.487 e. The van der Waals surface area contributed by atoms with Crippen molar-refractivity contribution in [3.63, 3.8) is 0 Å². The molecule has 0 saturated carbocycles. The highest BCUT2D eigenvalue weighted by molar-refractivity contribution is 7.80. The third kappa shape index (κ3) is 11.0. The highest BCUT2D eigenvalue weighted by Gasteiger charge is 2.57. The number of esters is 1.